The number of benzene rings is 2. The zero-order valence-corrected chi connectivity index (χ0v) is 17.6. The number of nitrogens with one attached hydrogen (secondary N) is 2. The van der Waals surface area contributed by atoms with Crippen LogP contribution in [0.25, 0.3) is 0 Å². The molecule has 30 heavy (non-hydrogen) atoms. The molecule has 0 aliphatic carbocycles. The third-order valence-corrected chi connectivity index (χ3v) is 6.66. The second-order valence-electron chi connectivity index (χ2n) is 6.93. The summed E-state index contributed by atoms with van der Waals surface area (Å²) in [5.41, 5.74) is 1.82. The summed E-state index contributed by atoms with van der Waals surface area (Å²) in [7, 11) is -1.93. The molecule has 0 aromatic heterocycles. The van der Waals surface area contributed by atoms with Crippen LogP contribution in [0.2, 0.25) is 0 Å². The minimum absolute atomic E-state index is 0.0894. The van der Waals surface area contributed by atoms with E-state index in [1.807, 2.05) is 30.3 Å². The summed E-state index contributed by atoms with van der Waals surface area (Å²) in [6, 6.07) is 14.5. The minimum Gasteiger partial charge on any atom is -0.495 e. The third-order valence-electron chi connectivity index (χ3n) is 4.80. The number of sulfonamides is 1. The molecule has 8 nitrogen and oxygen atoms in total. The number of methoxy groups -OCH3 is 1. The van der Waals surface area contributed by atoms with E-state index >= 15 is 0 Å². The first kappa shape index (κ1) is 21.6. The van der Waals surface area contributed by atoms with Gasteiger partial charge < -0.3 is 15.4 Å². The van der Waals surface area contributed by atoms with E-state index in [1.54, 1.807) is 12.1 Å². The van der Waals surface area contributed by atoms with E-state index in [2.05, 4.69) is 10.6 Å². The van der Waals surface area contributed by atoms with Gasteiger partial charge in [0.2, 0.25) is 10.0 Å². The van der Waals surface area contributed by atoms with Gasteiger partial charge in [-0.1, -0.05) is 30.3 Å². The van der Waals surface area contributed by atoms with Crippen LogP contribution in [0.3, 0.4) is 0 Å². The van der Waals surface area contributed by atoms with Gasteiger partial charge in [-0.05, 0) is 43.0 Å². The second kappa shape index (κ2) is 9.62. The Labute approximate surface area is 176 Å². The Morgan fingerprint density at radius 2 is 1.87 bits per heavy atom. The molecule has 1 heterocycles. The average molecular weight is 432 g/mol. The van der Waals surface area contributed by atoms with Gasteiger partial charge in [0.15, 0.2) is 0 Å². The van der Waals surface area contributed by atoms with E-state index in [1.165, 1.54) is 17.5 Å². The van der Waals surface area contributed by atoms with Crippen LogP contribution in [-0.2, 0) is 26.0 Å². The van der Waals surface area contributed by atoms with Crippen LogP contribution in [0.15, 0.2) is 48.5 Å². The Morgan fingerprint density at radius 3 is 2.53 bits per heavy atom. The Balaban J connectivity index is 1.59. The monoisotopic (exact) mass is 431 g/mol. The van der Waals surface area contributed by atoms with E-state index in [-0.39, 0.29) is 11.4 Å². The summed E-state index contributed by atoms with van der Waals surface area (Å²) >= 11 is 0. The van der Waals surface area contributed by atoms with E-state index in [0.29, 0.717) is 37.4 Å². The van der Waals surface area contributed by atoms with Crippen molar-refractivity contribution in [2.24, 2.45) is 0 Å². The largest absolute Gasteiger partial charge is 0.495 e. The number of nitrogens with zero attached hydrogens (tertiary/aromatic N) is 1. The van der Waals surface area contributed by atoms with Crippen molar-refractivity contribution in [3.8, 4) is 5.75 Å². The van der Waals surface area contributed by atoms with Gasteiger partial charge >= 0.3 is 11.8 Å². The summed E-state index contributed by atoms with van der Waals surface area (Å²) in [5.74, 6) is -1.18. The van der Waals surface area contributed by atoms with E-state index < -0.39 is 21.8 Å². The van der Waals surface area contributed by atoms with Gasteiger partial charge in [0.25, 0.3) is 0 Å². The molecule has 1 aliphatic heterocycles. The number of carbonyl (C=O) groups is 2. The van der Waals surface area contributed by atoms with Gasteiger partial charge in [-0.2, -0.15) is 0 Å². The highest BCUT2D eigenvalue weighted by Crippen LogP contribution is 2.32. The molecule has 3 rings (SSSR count). The fraction of sp³-hybridized carbons (Fsp3) is 0.333. The lowest BCUT2D eigenvalue weighted by Gasteiger charge is -2.19. The van der Waals surface area contributed by atoms with Crippen molar-refractivity contribution in [1.82, 2.24) is 5.32 Å². The first-order valence-corrected chi connectivity index (χ1v) is 11.3. The molecule has 0 radical (unpaired) electrons. The highest BCUT2D eigenvalue weighted by atomic mass is 32.2. The van der Waals surface area contributed by atoms with Crippen LogP contribution in [0.5, 0.6) is 5.75 Å². The van der Waals surface area contributed by atoms with Crippen LogP contribution >= 0.6 is 0 Å². The molecule has 2 aromatic rings. The minimum atomic E-state index is -3.36. The summed E-state index contributed by atoms with van der Waals surface area (Å²) in [5, 5.41) is 5.11. The lowest BCUT2D eigenvalue weighted by molar-refractivity contribution is -0.136. The Morgan fingerprint density at radius 1 is 1.10 bits per heavy atom. The second-order valence-corrected chi connectivity index (χ2v) is 8.94. The van der Waals surface area contributed by atoms with Crippen LogP contribution < -0.4 is 19.7 Å². The molecule has 9 heteroatoms. The predicted octanol–water partition coefficient (Wildman–Crippen LogP) is 1.92. The normalized spacial score (nSPS) is 14.9. The van der Waals surface area contributed by atoms with Crippen LogP contribution in [0.1, 0.15) is 18.4 Å². The SMILES string of the molecule is COc1ccc(N2CCCS2(=O)=O)cc1NC(=O)C(=O)NCCCc1ccccc1. The van der Waals surface area contributed by atoms with Crippen molar-refractivity contribution in [3.05, 3.63) is 54.1 Å². The average Bonchev–Trinajstić information content (AvgIpc) is 3.10. The zero-order chi connectivity index (χ0) is 21.6. The lowest BCUT2D eigenvalue weighted by Crippen LogP contribution is -2.36. The smallest absolute Gasteiger partial charge is 0.313 e. The maximum atomic E-state index is 12.3. The van der Waals surface area contributed by atoms with Crippen LogP contribution in [-0.4, -0.2) is 46.2 Å². The molecule has 2 amide bonds. The highest BCUT2D eigenvalue weighted by molar-refractivity contribution is 7.93. The molecule has 0 saturated carbocycles. The number of carbonyl (C=O) groups excluding carboxylic acids is 2. The summed E-state index contributed by atoms with van der Waals surface area (Å²) < 4.78 is 30.8. The molecular weight excluding hydrogens is 406 g/mol. The summed E-state index contributed by atoms with van der Waals surface area (Å²) in [6.07, 6.45) is 2.04. The number of hydrogen-bond donors (Lipinski definition) is 2. The lowest BCUT2D eigenvalue weighted by atomic mass is 10.1. The standard InChI is InChI=1S/C21H25N3O5S/c1-29-19-11-10-17(24-13-6-14-30(24,27)28)15-18(19)23-21(26)20(25)22-12-5-9-16-7-3-2-4-8-16/h2-4,7-8,10-11,15H,5-6,9,12-14H2,1H3,(H,22,25)(H,23,26). The topological polar surface area (TPSA) is 105 Å². The number of anilines is 2. The van der Waals surface area contributed by atoms with Gasteiger partial charge in [-0.3, -0.25) is 13.9 Å². The zero-order valence-electron chi connectivity index (χ0n) is 16.8. The van der Waals surface area contributed by atoms with Crippen molar-refractivity contribution in [2.75, 3.05) is 35.6 Å². The molecule has 160 valence electrons. The first-order chi connectivity index (χ1) is 14.4. The Hall–Kier alpha value is -3.07. The molecule has 1 aliphatic rings. The van der Waals surface area contributed by atoms with Crippen molar-refractivity contribution in [1.29, 1.82) is 0 Å². The van der Waals surface area contributed by atoms with E-state index in [9.17, 15) is 18.0 Å². The fourth-order valence-corrected chi connectivity index (χ4v) is 4.83. The van der Waals surface area contributed by atoms with Gasteiger partial charge in [0, 0.05) is 13.1 Å². The quantitative estimate of drug-likeness (QED) is 0.515. The van der Waals surface area contributed by atoms with Gasteiger partial charge in [-0.15, -0.1) is 0 Å². The van der Waals surface area contributed by atoms with Crippen molar-refractivity contribution in [2.45, 2.75) is 19.3 Å². The molecule has 1 fully saturated rings. The molecule has 1 saturated heterocycles. The van der Waals surface area contributed by atoms with Crippen molar-refractivity contribution < 1.29 is 22.7 Å². The van der Waals surface area contributed by atoms with Gasteiger partial charge in [0.1, 0.15) is 5.75 Å². The Kier molecular flexibility index (Phi) is 6.94. The predicted molar refractivity (Wildman–Crippen MR) is 115 cm³/mol. The number of aryl methyl sites for hydroxylation is 1. The first-order valence-electron chi connectivity index (χ1n) is 9.72. The summed E-state index contributed by atoms with van der Waals surface area (Å²) in [6.45, 7) is 0.744. The third kappa shape index (κ3) is 5.29. The molecule has 2 aromatic carbocycles. The van der Waals surface area contributed by atoms with Gasteiger partial charge in [0.05, 0.1) is 24.2 Å². The number of hydrogen-bond acceptors (Lipinski definition) is 5. The molecule has 0 atom stereocenters. The Bertz CT molecular complexity index is 1010. The van der Waals surface area contributed by atoms with E-state index in [4.69, 9.17) is 4.74 Å². The van der Waals surface area contributed by atoms with Crippen LogP contribution in [0.4, 0.5) is 11.4 Å². The molecular formula is C21H25N3O5S. The molecule has 2 N–H and O–H groups in total. The molecule has 0 bridgehead atoms. The molecule has 0 unspecified atom stereocenters. The van der Waals surface area contributed by atoms with Crippen molar-refractivity contribution in [3.63, 3.8) is 0 Å². The van der Waals surface area contributed by atoms with E-state index in [0.717, 1.165) is 12.0 Å². The fourth-order valence-electron chi connectivity index (χ4n) is 3.28. The van der Waals surface area contributed by atoms with Crippen LogP contribution in [0, 0.1) is 0 Å². The maximum absolute atomic E-state index is 12.3. The van der Waals surface area contributed by atoms with Gasteiger partial charge in [-0.25, -0.2) is 8.42 Å². The number of rotatable bonds is 7. The number of amides is 2. The van der Waals surface area contributed by atoms with Crippen molar-refractivity contribution >= 4 is 33.2 Å². The highest BCUT2D eigenvalue weighted by Gasteiger charge is 2.29. The number of ether oxygens (including phenoxy) is 1. The summed E-state index contributed by atoms with van der Waals surface area (Å²) in [4.78, 5) is 24.4. The maximum Gasteiger partial charge on any atom is 0.313 e. The molecule has 0 spiro atoms.